The van der Waals surface area contributed by atoms with Gasteiger partial charge in [0, 0.05) is 18.0 Å². The molecule has 0 spiro atoms. The third-order valence-corrected chi connectivity index (χ3v) is 4.21. The smallest absolute Gasteiger partial charge is 0.272 e. The van der Waals surface area contributed by atoms with E-state index in [0.717, 1.165) is 34.5 Å². The Kier molecular flexibility index (Phi) is 5.91. The van der Waals surface area contributed by atoms with E-state index in [-0.39, 0.29) is 23.8 Å². The van der Waals surface area contributed by atoms with E-state index >= 15 is 0 Å². The molecule has 1 aromatic carbocycles. The van der Waals surface area contributed by atoms with E-state index in [1.165, 1.54) is 6.20 Å². The summed E-state index contributed by atoms with van der Waals surface area (Å²) in [6.45, 7) is -0.0311. The van der Waals surface area contributed by atoms with E-state index in [9.17, 15) is 19.3 Å². The molecule has 2 rings (SSSR count). The number of benzene rings is 1. The van der Waals surface area contributed by atoms with Gasteiger partial charge < -0.3 is 11.1 Å². The molecule has 8 nitrogen and oxygen atoms in total. The Morgan fingerprint density at radius 1 is 1.44 bits per heavy atom. The minimum absolute atomic E-state index is 0.0311. The number of hydrogen-bond acceptors (Lipinski definition) is 7. The van der Waals surface area contributed by atoms with Crippen LogP contribution in [0.25, 0.3) is 0 Å². The van der Waals surface area contributed by atoms with Crippen molar-refractivity contribution in [2.75, 3.05) is 11.6 Å². The summed E-state index contributed by atoms with van der Waals surface area (Å²) in [4.78, 5) is 22.2. The van der Waals surface area contributed by atoms with Crippen molar-refractivity contribution in [2.24, 2.45) is 11.6 Å². The van der Waals surface area contributed by atoms with E-state index < -0.39 is 16.4 Å². The van der Waals surface area contributed by atoms with E-state index in [1.807, 2.05) is 0 Å². The number of nitrogens with one attached hydrogen (secondary N) is 1. The molecule has 0 unspecified atom stereocenters. The number of non-ortho nitro benzene ring substituents is 1. The molecule has 0 fully saturated rings. The highest BCUT2D eigenvalue weighted by Crippen LogP contribution is 2.23. The third-order valence-electron chi connectivity index (χ3n) is 2.98. The van der Waals surface area contributed by atoms with Gasteiger partial charge in [0.2, 0.25) is 0 Å². The van der Waals surface area contributed by atoms with Gasteiger partial charge in [0.05, 0.1) is 32.4 Å². The number of halogens is 2. The van der Waals surface area contributed by atoms with E-state index in [2.05, 4.69) is 5.32 Å². The number of nitro groups is 1. The SMILES string of the molecule is NC(=CN(N)c1ccc([N+](=O)[O-])cc1F)CNC(=O)c1ccc(Cl)s1. The first-order valence-corrected chi connectivity index (χ1v) is 7.95. The maximum absolute atomic E-state index is 13.9. The third kappa shape index (κ3) is 4.89. The minimum atomic E-state index is -0.877. The van der Waals surface area contributed by atoms with Gasteiger partial charge in [0.15, 0.2) is 5.82 Å². The molecule has 0 saturated carbocycles. The summed E-state index contributed by atoms with van der Waals surface area (Å²) in [6.07, 6.45) is 1.20. The monoisotopic (exact) mass is 385 g/mol. The second-order valence-electron chi connectivity index (χ2n) is 4.79. The second-order valence-corrected chi connectivity index (χ2v) is 6.51. The standard InChI is InChI=1S/C14H13ClFN5O3S/c15-13-4-3-12(25-13)14(22)19-6-8(17)7-20(18)11-2-1-9(21(23)24)5-10(11)16/h1-5,7H,6,17-18H2,(H,19,22). The van der Waals surface area contributed by atoms with Gasteiger partial charge >= 0.3 is 0 Å². The first-order valence-electron chi connectivity index (χ1n) is 6.75. The van der Waals surface area contributed by atoms with Crippen LogP contribution in [0.1, 0.15) is 9.67 Å². The molecule has 0 saturated heterocycles. The fraction of sp³-hybridized carbons (Fsp3) is 0.0714. The molecule has 1 amide bonds. The zero-order valence-electron chi connectivity index (χ0n) is 12.6. The van der Waals surface area contributed by atoms with Gasteiger partial charge in [0.1, 0.15) is 0 Å². The van der Waals surface area contributed by atoms with Crippen LogP contribution in [0, 0.1) is 15.9 Å². The Morgan fingerprint density at radius 3 is 2.72 bits per heavy atom. The van der Waals surface area contributed by atoms with Crippen molar-refractivity contribution in [3.63, 3.8) is 0 Å². The van der Waals surface area contributed by atoms with Crippen molar-refractivity contribution < 1.29 is 14.1 Å². The van der Waals surface area contributed by atoms with Crippen LogP contribution in [0.5, 0.6) is 0 Å². The van der Waals surface area contributed by atoms with Crippen LogP contribution < -0.4 is 21.9 Å². The first kappa shape index (κ1) is 18.6. The lowest BCUT2D eigenvalue weighted by Gasteiger charge is -2.16. The normalized spacial score (nSPS) is 11.2. The van der Waals surface area contributed by atoms with Crippen LogP contribution in [-0.4, -0.2) is 17.4 Å². The molecule has 2 aromatic rings. The summed E-state index contributed by atoms with van der Waals surface area (Å²) >= 11 is 6.87. The number of nitrogens with zero attached hydrogens (tertiary/aromatic N) is 2. The number of carbonyl (C=O) groups is 1. The Morgan fingerprint density at radius 2 is 2.16 bits per heavy atom. The molecule has 0 atom stereocenters. The van der Waals surface area contributed by atoms with Crippen molar-refractivity contribution in [1.29, 1.82) is 0 Å². The van der Waals surface area contributed by atoms with Crippen molar-refractivity contribution >= 4 is 40.2 Å². The van der Waals surface area contributed by atoms with Crippen LogP contribution in [0.15, 0.2) is 42.2 Å². The van der Waals surface area contributed by atoms with Gasteiger partial charge in [-0.1, -0.05) is 11.6 Å². The minimum Gasteiger partial charge on any atom is -0.399 e. The number of hydrogen-bond donors (Lipinski definition) is 3. The molecule has 0 aliphatic carbocycles. The zero-order valence-corrected chi connectivity index (χ0v) is 14.2. The van der Waals surface area contributed by atoms with Gasteiger partial charge in [-0.15, -0.1) is 11.3 Å². The molecule has 11 heteroatoms. The van der Waals surface area contributed by atoms with Gasteiger partial charge in [-0.2, -0.15) is 0 Å². The van der Waals surface area contributed by atoms with Crippen molar-refractivity contribution in [2.45, 2.75) is 0 Å². The Balaban J connectivity index is 2.01. The number of amides is 1. The predicted molar refractivity (Wildman–Crippen MR) is 93.7 cm³/mol. The number of nitro benzene ring substituents is 1. The molecule has 0 aliphatic rings. The molecule has 132 valence electrons. The summed E-state index contributed by atoms with van der Waals surface area (Å²) in [5.41, 5.74) is 5.39. The summed E-state index contributed by atoms with van der Waals surface area (Å²) in [5, 5.41) is 14.0. The van der Waals surface area contributed by atoms with Crippen LogP contribution in [0.4, 0.5) is 15.8 Å². The first-order chi connectivity index (χ1) is 11.8. The molecule has 1 heterocycles. The maximum Gasteiger partial charge on any atom is 0.272 e. The molecule has 1 aromatic heterocycles. The van der Waals surface area contributed by atoms with Gasteiger partial charge in [-0.3, -0.25) is 19.9 Å². The van der Waals surface area contributed by atoms with Crippen LogP contribution in [0.3, 0.4) is 0 Å². The van der Waals surface area contributed by atoms with Crippen molar-refractivity contribution in [3.8, 4) is 0 Å². The average molecular weight is 386 g/mol. The highest BCUT2D eigenvalue weighted by atomic mass is 35.5. The Hall–Kier alpha value is -2.69. The molecular weight excluding hydrogens is 373 g/mol. The summed E-state index contributed by atoms with van der Waals surface area (Å²) in [6, 6.07) is 6.19. The quantitative estimate of drug-likeness (QED) is 0.398. The lowest BCUT2D eigenvalue weighted by molar-refractivity contribution is -0.385. The fourth-order valence-corrected chi connectivity index (χ4v) is 2.78. The van der Waals surface area contributed by atoms with Crippen molar-refractivity contribution in [1.82, 2.24) is 5.32 Å². The molecule has 25 heavy (non-hydrogen) atoms. The number of carbonyl (C=O) groups excluding carboxylic acids is 1. The molecule has 0 aliphatic heterocycles. The number of nitrogens with two attached hydrogens (primary N) is 2. The van der Waals surface area contributed by atoms with Gasteiger partial charge in [-0.05, 0) is 18.2 Å². The van der Waals surface area contributed by atoms with Crippen molar-refractivity contribution in [3.05, 3.63) is 67.4 Å². The van der Waals surface area contributed by atoms with E-state index in [4.69, 9.17) is 23.2 Å². The molecule has 5 N–H and O–H groups in total. The molecule has 0 bridgehead atoms. The predicted octanol–water partition coefficient (Wildman–Crippen LogP) is 2.36. The number of rotatable bonds is 6. The van der Waals surface area contributed by atoms with Crippen LogP contribution >= 0.6 is 22.9 Å². The second kappa shape index (κ2) is 7.92. The van der Waals surface area contributed by atoms with Gasteiger partial charge in [0.25, 0.3) is 11.6 Å². The number of thiophene rings is 1. The largest absolute Gasteiger partial charge is 0.399 e. The topological polar surface area (TPSA) is 128 Å². The maximum atomic E-state index is 13.9. The summed E-state index contributed by atoms with van der Waals surface area (Å²) < 4.78 is 14.4. The zero-order chi connectivity index (χ0) is 18.6. The fourth-order valence-electron chi connectivity index (χ4n) is 1.82. The van der Waals surface area contributed by atoms with Crippen LogP contribution in [0.2, 0.25) is 4.34 Å². The molecule has 0 radical (unpaired) electrons. The highest BCUT2D eigenvalue weighted by molar-refractivity contribution is 7.17. The summed E-state index contributed by atoms with van der Waals surface area (Å²) in [7, 11) is 0. The van der Waals surface area contributed by atoms with E-state index in [0.29, 0.717) is 9.21 Å². The number of hydrazine groups is 1. The van der Waals surface area contributed by atoms with Gasteiger partial charge in [-0.25, -0.2) is 10.2 Å². The highest BCUT2D eigenvalue weighted by Gasteiger charge is 2.14. The Bertz CT molecular complexity index is 842. The van der Waals surface area contributed by atoms with E-state index in [1.54, 1.807) is 12.1 Å². The van der Waals surface area contributed by atoms with Crippen LogP contribution in [-0.2, 0) is 0 Å². The lowest BCUT2D eigenvalue weighted by Crippen LogP contribution is -2.31. The lowest BCUT2D eigenvalue weighted by atomic mass is 10.2. The summed E-state index contributed by atoms with van der Waals surface area (Å²) in [5.74, 6) is 4.44. The Labute approximate surface area is 150 Å². The molecular formula is C14H13ClFN5O3S. The average Bonchev–Trinajstić information content (AvgIpc) is 2.98. The number of anilines is 1.